The summed E-state index contributed by atoms with van der Waals surface area (Å²) < 4.78 is 0. The summed E-state index contributed by atoms with van der Waals surface area (Å²) in [5.74, 6) is -0.431. The second-order valence-electron chi connectivity index (χ2n) is 7.33. The minimum atomic E-state index is -0.323. The second kappa shape index (κ2) is 9.75. The smallest absolute Gasteiger partial charge is 0.229 e. The van der Waals surface area contributed by atoms with Gasteiger partial charge in [0.15, 0.2) is 5.13 Å². The van der Waals surface area contributed by atoms with Gasteiger partial charge < -0.3 is 15.5 Å². The van der Waals surface area contributed by atoms with Crippen molar-refractivity contribution in [2.24, 2.45) is 5.92 Å². The molecule has 1 saturated heterocycles. The summed E-state index contributed by atoms with van der Waals surface area (Å²) in [5, 5.41) is 8.89. The molecule has 0 aliphatic carbocycles. The highest BCUT2D eigenvalue weighted by Gasteiger charge is 2.27. The Hall–Kier alpha value is -2.32. The van der Waals surface area contributed by atoms with E-state index in [-0.39, 0.29) is 30.2 Å². The highest BCUT2D eigenvalue weighted by Crippen LogP contribution is 2.22. The SMILES string of the molecule is Cc1csc(NC(=O)C2CCCC(NCc3cccnc3)CN(C)C(=O)C2)n1. The zero-order valence-corrected chi connectivity index (χ0v) is 17.2. The van der Waals surface area contributed by atoms with Crippen molar-refractivity contribution in [3.8, 4) is 0 Å². The van der Waals surface area contributed by atoms with Gasteiger partial charge in [-0.05, 0) is 31.4 Å². The van der Waals surface area contributed by atoms with Gasteiger partial charge in [-0.1, -0.05) is 12.5 Å². The maximum Gasteiger partial charge on any atom is 0.229 e. The van der Waals surface area contributed by atoms with Crippen molar-refractivity contribution in [3.63, 3.8) is 0 Å². The minimum absolute atomic E-state index is 0.00514. The molecular formula is C20H27N5O2S. The number of hydrogen-bond donors (Lipinski definition) is 2. The van der Waals surface area contributed by atoms with Crippen molar-refractivity contribution in [1.29, 1.82) is 0 Å². The number of carbonyl (C=O) groups excluding carboxylic acids is 2. The number of carbonyl (C=O) groups is 2. The number of aromatic nitrogens is 2. The lowest BCUT2D eigenvalue weighted by Crippen LogP contribution is -2.41. The lowest BCUT2D eigenvalue weighted by atomic mass is 9.96. The van der Waals surface area contributed by atoms with E-state index < -0.39 is 0 Å². The first-order valence-corrected chi connectivity index (χ1v) is 10.5. The molecule has 0 radical (unpaired) electrons. The van der Waals surface area contributed by atoms with Crippen LogP contribution >= 0.6 is 11.3 Å². The van der Waals surface area contributed by atoms with Gasteiger partial charge in [0.25, 0.3) is 0 Å². The summed E-state index contributed by atoms with van der Waals surface area (Å²) >= 11 is 1.41. The third-order valence-electron chi connectivity index (χ3n) is 4.98. The Bertz CT molecular complexity index is 795. The second-order valence-corrected chi connectivity index (χ2v) is 8.19. The van der Waals surface area contributed by atoms with Gasteiger partial charge in [0, 0.05) is 56.3 Å². The van der Waals surface area contributed by atoms with E-state index >= 15 is 0 Å². The molecule has 2 amide bonds. The number of amides is 2. The van der Waals surface area contributed by atoms with E-state index in [1.807, 2.05) is 37.7 Å². The summed E-state index contributed by atoms with van der Waals surface area (Å²) in [5.41, 5.74) is 2.00. The topological polar surface area (TPSA) is 87.2 Å². The molecule has 28 heavy (non-hydrogen) atoms. The molecule has 1 fully saturated rings. The van der Waals surface area contributed by atoms with E-state index in [1.165, 1.54) is 11.3 Å². The van der Waals surface area contributed by atoms with Gasteiger partial charge in [0.1, 0.15) is 0 Å². The van der Waals surface area contributed by atoms with E-state index in [2.05, 4.69) is 20.6 Å². The average molecular weight is 402 g/mol. The number of thiazole rings is 1. The van der Waals surface area contributed by atoms with Crippen LogP contribution in [0.1, 0.15) is 36.9 Å². The minimum Gasteiger partial charge on any atom is -0.344 e. The first-order chi connectivity index (χ1) is 13.5. The number of aryl methyl sites for hydroxylation is 1. The van der Waals surface area contributed by atoms with Crippen LogP contribution in [0, 0.1) is 12.8 Å². The van der Waals surface area contributed by atoms with E-state index in [9.17, 15) is 9.59 Å². The first-order valence-electron chi connectivity index (χ1n) is 9.60. The standard InChI is InChI=1S/C20H27N5O2S/c1-14-13-28-20(23-14)24-19(27)16-6-3-7-17(12-25(2)18(26)9-16)22-11-15-5-4-8-21-10-15/h4-5,8,10,13,16-17,22H,3,6-7,9,11-12H2,1-2H3,(H,23,24,27). The molecule has 2 unspecified atom stereocenters. The zero-order chi connectivity index (χ0) is 19.9. The summed E-state index contributed by atoms with van der Waals surface area (Å²) in [6.07, 6.45) is 6.34. The highest BCUT2D eigenvalue weighted by atomic mass is 32.1. The zero-order valence-electron chi connectivity index (χ0n) is 16.4. The van der Waals surface area contributed by atoms with Gasteiger partial charge in [-0.25, -0.2) is 4.98 Å². The fourth-order valence-corrected chi connectivity index (χ4v) is 4.07. The number of nitrogens with zero attached hydrogens (tertiary/aromatic N) is 3. The van der Waals surface area contributed by atoms with Crippen molar-refractivity contribution in [3.05, 3.63) is 41.2 Å². The Morgan fingerprint density at radius 1 is 1.39 bits per heavy atom. The molecule has 1 aliphatic heterocycles. The number of hydrogen-bond acceptors (Lipinski definition) is 6. The molecule has 1 aliphatic rings. The normalized spacial score (nSPS) is 20.9. The molecule has 8 heteroatoms. The van der Waals surface area contributed by atoms with Crippen LogP contribution in [0.25, 0.3) is 0 Å². The molecule has 0 saturated carbocycles. The molecular weight excluding hydrogens is 374 g/mol. The highest BCUT2D eigenvalue weighted by molar-refractivity contribution is 7.13. The van der Waals surface area contributed by atoms with Crippen LogP contribution in [-0.2, 0) is 16.1 Å². The van der Waals surface area contributed by atoms with Crippen LogP contribution in [0.4, 0.5) is 5.13 Å². The van der Waals surface area contributed by atoms with Crippen molar-refractivity contribution in [2.75, 3.05) is 18.9 Å². The largest absolute Gasteiger partial charge is 0.344 e. The van der Waals surface area contributed by atoms with Gasteiger partial charge in [-0.15, -0.1) is 11.3 Å². The van der Waals surface area contributed by atoms with Gasteiger partial charge in [-0.2, -0.15) is 0 Å². The van der Waals surface area contributed by atoms with Crippen LogP contribution in [0.15, 0.2) is 29.9 Å². The molecule has 0 bridgehead atoms. The number of likely N-dealkylation sites (N-methyl/N-ethyl adjacent to an activating group) is 1. The molecule has 2 N–H and O–H groups in total. The van der Waals surface area contributed by atoms with Crippen molar-refractivity contribution in [2.45, 2.75) is 45.2 Å². The predicted molar refractivity (Wildman–Crippen MR) is 110 cm³/mol. The van der Waals surface area contributed by atoms with E-state index in [0.29, 0.717) is 24.6 Å². The Kier molecular flexibility index (Phi) is 7.11. The number of rotatable bonds is 5. The lowest BCUT2D eigenvalue weighted by Gasteiger charge is -2.24. The molecule has 3 heterocycles. The van der Waals surface area contributed by atoms with Crippen molar-refractivity contribution < 1.29 is 9.59 Å². The molecule has 2 aromatic heterocycles. The quantitative estimate of drug-likeness (QED) is 0.804. The molecule has 0 aromatic carbocycles. The first kappa shape index (κ1) is 20.4. The predicted octanol–water partition coefficient (Wildman–Crippen LogP) is 2.59. The van der Waals surface area contributed by atoms with Gasteiger partial charge in [0.2, 0.25) is 11.8 Å². The Morgan fingerprint density at radius 2 is 2.25 bits per heavy atom. The average Bonchev–Trinajstić information content (AvgIpc) is 3.11. The Morgan fingerprint density at radius 3 is 2.96 bits per heavy atom. The number of pyridine rings is 1. The van der Waals surface area contributed by atoms with Crippen LogP contribution in [0.5, 0.6) is 0 Å². The Labute approximate surface area is 169 Å². The van der Waals surface area contributed by atoms with Crippen LogP contribution in [0.3, 0.4) is 0 Å². The van der Waals surface area contributed by atoms with Gasteiger partial charge in [0.05, 0.1) is 5.69 Å². The fourth-order valence-electron chi connectivity index (χ4n) is 3.38. The maximum atomic E-state index is 12.7. The third-order valence-corrected chi connectivity index (χ3v) is 5.86. The maximum absolute atomic E-state index is 12.7. The molecule has 3 rings (SSSR count). The third kappa shape index (κ3) is 5.84. The van der Waals surface area contributed by atoms with Crippen LogP contribution in [0.2, 0.25) is 0 Å². The van der Waals surface area contributed by atoms with Gasteiger partial charge >= 0.3 is 0 Å². The van der Waals surface area contributed by atoms with Crippen LogP contribution in [-0.4, -0.2) is 46.3 Å². The summed E-state index contributed by atoms with van der Waals surface area (Å²) in [4.78, 5) is 35.4. The van der Waals surface area contributed by atoms with Crippen molar-refractivity contribution >= 4 is 28.3 Å². The molecule has 7 nitrogen and oxygen atoms in total. The molecule has 2 aromatic rings. The van der Waals surface area contributed by atoms with E-state index in [1.54, 1.807) is 11.1 Å². The van der Waals surface area contributed by atoms with Crippen molar-refractivity contribution in [1.82, 2.24) is 20.2 Å². The molecule has 2 atom stereocenters. The van der Waals surface area contributed by atoms with Crippen LogP contribution < -0.4 is 10.6 Å². The summed E-state index contributed by atoms with van der Waals surface area (Å²) in [6.45, 7) is 3.25. The fraction of sp³-hybridized carbons (Fsp3) is 0.500. The lowest BCUT2D eigenvalue weighted by molar-refractivity contribution is -0.134. The number of anilines is 1. The molecule has 150 valence electrons. The van der Waals surface area contributed by atoms with E-state index in [4.69, 9.17) is 0 Å². The summed E-state index contributed by atoms with van der Waals surface area (Å²) in [7, 11) is 1.81. The van der Waals surface area contributed by atoms with Gasteiger partial charge in [-0.3, -0.25) is 14.6 Å². The van der Waals surface area contributed by atoms with E-state index in [0.717, 1.165) is 24.1 Å². The summed E-state index contributed by atoms with van der Waals surface area (Å²) in [6, 6.07) is 4.14. The number of nitrogens with one attached hydrogen (secondary N) is 2. The monoisotopic (exact) mass is 401 g/mol. The Balaban J connectivity index is 1.58. The molecule has 0 spiro atoms.